The van der Waals surface area contributed by atoms with Gasteiger partial charge in [0.25, 0.3) is 10.4 Å². The van der Waals surface area contributed by atoms with Crippen molar-refractivity contribution in [3.63, 3.8) is 0 Å². The van der Waals surface area contributed by atoms with Crippen molar-refractivity contribution in [1.82, 2.24) is 0 Å². The molecule has 5 nitrogen and oxygen atoms in total. The SMILES string of the molecule is CC(C)CC(=O)OS(=O)(=O)[O-].[Na+]. The van der Waals surface area contributed by atoms with Crippen LogP contribution >= 0.6 is 0 Å². The van der Waals surface area contributed by atoms with Crippen LogP contribution in [0.25, 0.3) is 0 Å². The Morgan fingerprint density at radius 1 is 1.50 bits per heavy atom. The molecule has 7 heteroatoms. The van der Waals surface area contributed by atoms with E-state index in [2.05, 4.69) is 4.18 Å². The molecular weight excluding hydrogens is 195 g/mol. The number of hydrogen-bond donors (Lipinski definition) is 0. The molecule has 0 atom stereocenters. The van der Waals surface area contributed by atoms with Gasteiger partial charge >= 0.3 is 35.5 Å². The summed E-state index contributed by atoms with van der Waals surface area (Å²) in [5.74, 6) is -1.03. The third-order valence-corrected chi connectivity index (χ3v) is 1.16. The topological polar surface area (TPSA) is 83.5 Å². The van der Waals surface area contributed by atoms with E-state index in [-0.39, 0.29) is 41.9 Å². The predicted octanol–water partition coefficient (Wildman–Crippen LogP) is -2.96. The molecule has 0 heterocycles. The van der Waals surface area contributed by atoms with Crippen LogP contribution in [0.15, 0.2) is 0 Å². The summed E-state index contributed by atoms with van der Waals surface area (Å²) < 4.78 is 33.0. The van der Waals surface area contributed by atoms with Crippen LogP contribution in [0.4, 0.5) is 0 Å². The van der Waals surface area contributed by atoms with Gasteiger partial charge < -0.3 is 8.74 Å². The summed E-state index contributed by atoms with van der Waals surface area (Å²) in [5, 5.41) is 0. The van der Waals surface area contributed by atoms with Gasteiger partial charge in [0.05, 0.1) is 0 Å². The van der Waals surface area contributed by atoms with Gasteiger partial charge in [-0.15, -0.1) is 0 Å². The first-order valence-corrected chi connectivity index (χ1v) is 4.32. The maximum atomic E-state index is 10.5. The molecule has 0 amide bonds. The van der Waals surface area contributed by atoms with E-state index >= 15 is 0 Å². The average Bonchev–Trinajstić information content (AvgIpc) is 1.53. The van der Waals surface area contributed by atoms with Crippen LogP contribution in [0.2, 0.25) is 0 Å². The van der Waals surface area contributed by atoms with Crippen LogP contribution in [-0.4, -0.2) is 18.9 Å². The van der Waals surface area contributed by atoms with Gasteiger partial charge in [-0.25, -0.2) is 8.42 Å². The Hall–Kier alpha value is 0.380. The third kappa shape index (κ3) is 10.4. The van der Waals surface area contributed by atoms with Crippen molar-refractivity contribution in [2.45, 2.75) is 20.3 Å². The molecule has 0 N–H and O–H groups in total. The predicted molar refractivity (Wildman–Crippen MR) is 35.2 cm³/mol. The molecule has 0 unspecified atom stereocenters. The average molecular weight is 204 g/mol. The molecule has 0 bridgehead atoms. The van der Waals surface area contributed by atoms with Crippen molar-refractivity contribution in [2.24, 2.45) is 5.92 Å². The van der Waals surface area contributed by atoms with Gasteiger partial charge in [0.2, 0.25) is 0 Å². The monoisotopic (exact) mass is 204 g/mol. The van der Waals surface area contributed by atoms with Crippen LogP contribution in [-0.2, 0) is 19.4 Å². The first-order chi connectivity index (χ1) is 4.81. The first-order valence-electron chi connectivity index (χ1n) is 2.99. The van der Waals surface area contributed by atoms with Gasteiger partial charge in [0.15, 0.2) is 0 Å². The summed E-state index contributed by atoms with van der Waals surface area (Å²) in [5.41, 5.74) is 0. The van der Waals surface area contributed by atoms with Gasteiger partial charge in [0.1, 0.15) is 0 Å². The van der Waals surface area contributed by atoms with Crippen molar-refractivity contribution >= 4 is 16.4 Å². The van der Waals surface area contributed by atoms with Crippen molar-refractivity contribution in [3.8, 4) is 0 Å². The van der Waals surface area contributed by atoms with Gasteiger partial charge in [-0.3, -0.25) is 4.79 Å². The molecular formula is C5H9NaO5S. The van der Waals surface area contributed by atoms with E-state index < -0.39 is 16.4 Å². The largest absolute Gasteiger partial charge is 1.00 e. The summed E-state index contributed by atoms with van der Waals surface area (Å²) in [6.45, 7) is 3.41. The molecule has 0 aliphatic rings. The molecule has 0 aliphatic heterocycles. The second kappa shape index (κ2) is 5.93. The molecule has 0 aromatic carbocycles. The fraction of sp³-hybridized carbons (Fsp3) is 0.800. The first kappa shape index (κ1) is 14.9. The fourth-order valence-corrected chi connectivity index (χ4v) is 0.777. The fourth-order valence-electron chi connectivity index (χ4n) is 0.481. The standard InChI is InChI=1S/C5H10O5S.Na/c1-4(2)3-5(6)10-11(7,8)9;/h4H,3H2,1-2H3,(H,7,8,9);/q;+1/p-1. The minimum atomic E-state index is -4.87. The molecule has 66 valence electrons. The molecule has 0 spiro atoms. The van der Waals surface area contributed by atoms with Crippen LogP contribution in [0, 0.1) is 5.92 Å². The minimum absolute atomic E-state index is 0. The quantitative estimate of drug-likeness (QED) is 0.278. The second-order valence-corrected chi connectivity index (χ2v) is 3.44. The molecule has 0 fully saturated rings. The molecule has 0 aromatic heterocycles. The number of rotatable bonds is 3. The van der Waals surface area contributed by atoms with Crippen LogP contribution < -0.4 is 29.6 Å². The van der Waals surface area contributed by atoms with Crippen molar-refractivity contribution in [3.05, 3.63) is 0 Å². The van der Waals surface area contributed by atoms with Crippen LogP contribution in [0.3, 0.4) is 0 Å². The van der Waals surface area contributed by atoms with E-state index in [0.717, 1.165) is 0 Å². The van der Waals surface area contributed by atoms with E-state index in [0.29, 0.717) is 0 Å². The summed E-state index contributed by atoms with van der Waals surface area (Å²) in [6, 6.07) is 0. The number of hydrogen-bond acceptors (Lipinski definition) is 5. The van der Waals surface area contributed by atoms with Gasteiger partial charge in [-0.1, -0.05) is 13.8 Å². The van der Waals surface area contributed by atoms with Gasteiger partial charge in [0, 0.05) is 6.42 Å². The normalized spacial score (nSPS) is 10.7. The number of carbonyl (C=O) groups is 1. The Kier molecular flexibility index (Phi) is 7.35. The zero-order valence-electron chi connectivity index (χ0n) is 7.23. The van der Waals surface area contributed by atoms with E-state index in [4.69, 9.17) is 0 Å². The van der Waals surface area contributed by atoms with Gasteiger partial charge in [-0.05, 0) is 5.92 Å². The Bertz CT molecular complexity index is 232. The molecule has 0 saturated heterocycles. The second-order valence-electron chi connectivity index (χ2n) is 2.46. The molecule has 0 aromatic rings. The van der Waals surface area contributed by atoms with E-state index in [1.165, 1.54) is 0 Å². The Labute approximate surface area is 93.7 Å². The zero-order chi connectivity index (χ0) is 9.07. The smallest absolute Gasteiger partial charge is 0.716 e. The number of carbonyl (C=O) groups excluding carboxylic acids is 1. The molecule has 0 rings (SSSR count). The van der Waals surface area contributed by atoms with Crippen LogP contribution in [0.1, 0.15) is 20.3 Å². The molecule has 0 saturated carbocycles. The maximum absolute atomic E-state index is 10.5. The summed E-state index contributed by atoms with van der Waals surface area (Å²) in [6.07, 6.45) is -0.0680. The summed E-state index contributed by atoms with van der Waals surface area (Å²) >= 11 is 0. The van der Waals surface area contributed by atoms with Crippen molar-refractivity contribution in [1.29, 1.82) is 0 Å². The van der Waals surface area contributed by atoms with E-state index in [1.54, 1.807) is 13.8 Å². The van der Waals surface area contributed by atoms with Gasteiger partial charge in [-0.2, -0.15) is 0 Å². The zero-order valence-corrected chi connectivity index (χ0v) is 10.1. The van der Waals surface area contributed by atoms with E-state index in [1.807, 2.05) is 0 Å². The van der Waals surface area contributed by atoms with E-state index in [9.17, 15) is 17.8 Å². The van der Waals surface area contributed by atoms with Crippen molar-refractivity contribution in [2.75, 3.05) is 0 Å². The maximum Gasteiger partial charge on any atom is 1.00 e. The molecule has 0 radical (unpaired) electrons. The van der Waals surface area contributed by atoms with Crippen molar-refractivity contribution < 1.29 is 51.5 Å². The Balaban J connectivity index is 0. The molecule has 0 aliphatic carbocycles. The Morgan fingerprint density at radius 3 is 2.17 bits per heavy atom. The minimum Gasteiger partial charge on any atom is -0.716 e. The molecule has 12 heavy (non-hydrogen) atoms. The summed E-state index contributed by atoms with van der Waals surface area (Å²) in [7, 11) is -4.87. The Morgan fingerprint density at radius 2 is 1.92 bits per heavy atom. The van der Waals surface area contributed by atoms with Crippen LogP contribution in [0.5, 0.6) is 0 Å². The summed E-state index contributed by atoms with van der Waals surface area (Å²) in [4.78, 5) is 10.5. The third-order valence-electron chi connectivity index (χ3n) is 0.770.